The van der Waals surface area contributed by atoms with Gasteiger partial charge in [0.25, 0.3) is 10.1 Å². The summed E-state index contributed by atoms with van der Waals surface area (Å²) >= 11 is 16.8. The number of aryl methyl sites for hydroxylation is 1. The minimum absolute atomic E-state index is 0. The molecule has 3 aromatic rings. The van der Waals surface area contributed by atoms with Gasteiger partial charge in [-0.25, -0.2) is 0 Å². The van der Waals surface area contributed by atoms with E-state index in [1.165, 1.54) is 22.8 Å². The summed E-state index contributed by atoms with van der Waals surface area (Å²) in [4.78, 5) is 0. The van der Waals surface area contributed by atoms with Gasteiger partial charge in [-0.2, -0.15) is 21.9 Å². The van der Waals surface area contributed by atoms with E-state index in [9.17, 15) is 8.42 Å². The maximum absolute atomic E-state index is 10.8. The first-order chi connectivity index (χ1) is 15.1. The molecule has 0 amide bonds. The second-order valence-corrected chi connectivity index (χ2v) is 10.4. The summed E-state index contributed by atoms with van der Waals surface area (Å²) < 4.78 is 28.5. The molecule has 1 aliphatic rings. The maximum atomic E-state index is 10.8. The van der Waals surface area contributed by atoms with Crippen molar-refractivity contribution >= 4 is 58.4 Å². The summed E-state index contributed by atoms with van der Waals surface area (Å²) in [5, 5.41) is 0.332. The Morgan fingerprint density at radius 3 is 1.48 bits per heavy atom. The van der Waals surface area contributed by atoms with Crippen molar-refractivity contribution in [3.8, 4) is 11.1 Å². The van der Waals surface area contributed by atoms with Gasteiger partial charge in [0.15, 0.2) is 4.21 Å². The molecule has 8 heteroatoms. The van der Waals surface area contributed by atoms with E-state index < -0.39 is 14.3 Å². The van der Waals surface area contributed by atoms with Crippen LogP contribution in [0.25, 0.3) is 11.1 Å². The Kier molecular flexibility index (Phi) is 12.3. The molecule has 1 atom stereocenters. The van der Waals surface area contributed by atoms with Crippen LogP contribution in [0.3, 0.4) is 0 Å². The third kappa shape index (κ3) is 9.57. The highest BCUT2D eigenvalue weighted by Gasteiger charge is 2.41. The molecular weight excluding hydrogens is 519 g/mol. The van der Waals surface area contributed by atoms with Gasteiger partial charge in [0.2, 0.25) is 0 Å². The summed E-state index contributed by atoms with van der Waals surface area (Å²) in [6.07, 6.45) is 2.11. The number of allylic oxidation sites excluding steroid dienone is 3. The van der Waals surface area contributed by atoms with Crippen LogP contribution in [0.2, 0.25) is 0 Å². The highest BCUT2D eigenvalue weighted by Crippen LogP contribution is 2.38. The molecule has 33 heavy (non-hydrogen) atoms. The van der Waals surface area contributed by atoms with Crippen LogP contribution in [-0.4, -0.2) is 17.2 Å². The number of hydrogen-bond donors (Lipinski definition) is 1. The van der Waals surface area contributed by atoms with Crippen molar-refractivity contribution in [2.24, 2.45) is 0 Å². The number of hydrogen-bond acceptors (Lipinski definition) is 2. The zero-order chi connectivity index (χ0) is 23.6. The predicted molar refractivity (Wildman–Crippen MR) is 146 cm³/mol. The highest BCUT2D eigenvalue weighted by molar-refractivity contribution is 7.88. The molecule has 0 saturated heterocycles. The van der Waals surface area contributed by atoms with Crippen LogP contribution in [0.15, 0.2) is 113 Å². The molecule has 0 aliphatic heterocycles. The van der Waals surface area contributed by atoms with Gasteiger partial charge in [-0.15, -0.1) is 0 Å². The van der Waals surface area contributed by atoms with Crippen LogP contribution in [0.4, 0.5) is 0 Å². The largest absolute Gasteiger partial charge is 0.288 e. The Labute approximate surface area is 217 Å². The first kappa shape index (κ1) is 29.3. The highest BCUT2D eigenvalue weighted by atomic mass is 35.5. The lowest BCUT2D eigenvalue weighted by Crippen LogP contribution is -2.31. The lowest BCUT2D eigenvalue weighted by atomic mass is 10.1. The molecule has 176 valence electrons. The second-order valence-electron chi connectivity index (χ2n) is 6.91. The van der Waals surface area contributed by atoms with Gasteiger partial charge in [0.05, 0.1) is 5.03 Å². The van der Waals surface area contributed by atoms with Crippen molar-refractivity contribution in [1.82, 2.24) is 0 Å². The van der Waals surface area contributed by atoms with Gasteiger partial charge in [0, 0.05) is 11.5 Å². The minimum Gasteiger partial charge on any atom is -0.284 e. The van der Waals surface area contributed by atoms with Crippen molar-refractivity contribution in [3.63, 3.8) is 0 Å². The fourth-order valence-corrected chi connectivity index (χ4v) is 3.93. The molecule has 1 N–H and O–H groups in total. The van der Waals surface area contributed by atoms with E-state index in [1.54, 1.807) is 0 Å². The number of halogens is 3. The van der Waals surface area contributed by atoms with Crippen molar-refractivity contribution in [2.75, 3.05) is 0 Å². The van der Waals surface area contributed by atoms with Gasteiger partial charge in [0.1, 0.15) is 0 Å². The van der Waals surface area contributed by atoms with Gasteiger partial charge < -0.3 is 0 Å². The molecule has 0 aromatic heterocycles. The molecule has 1 aliphatic carbocycles. The number of alkyl halides is 1. The smallest absolute Gasteiger partial charge is 0.284 e. The Balaban J connectivity index is 0.000000254. The van der Waals surface area contributed by atoms with Crippen LogP contribution in [-0.2, 0) is 10.1 Å². The van der Waals surface area contributed by atoms with Crippen molar-refractivity contribution in [3.05, 3.63) is 119 Å². The van der Waals surface area contributed by atoms with E-state index >= 15 is 0 Å². The monoisotopic (exact) mass is 542 g/mol. The van der Waals surface area contributed by atoms with Crippen LogP contribution in [0, 0.1) is 6.92 Å². The van der Waals surface area contributed by atoms with E-state index in [4.69, 9.17) is 39.4 Å². The first-order valence-corrected chi connectivity index (χ1v) is 12.2. The van der Waals surface area contributed by atoms with E-state index in [0.29, 0.717) is 0 Å². The molecule has 0 radical (unpaired) electrons. The SMILES string of the molecule is Cc1ccccc1.O=S(=O)(O)C1(Cl)C=CC(Cl)=C(Cl)C1.S.c1ccc(-c2ccccc2)cc1. The van der Waals surface area contributed by atoms with Gasteiger partial charge in [-0.1, -0.05) is 131 Å². The molecule has 4 rings (SSSR count). The molecular formula is C25H25Cl3O3S2. The fourth-order valence-electron chi connectivity index (χ4n) is 2.62. The Morgan fingerprint density at radius 2 is 1.18 bits per heavy atom. The lowest BCUT2D eigenvalue weighted by molar-refractivity contribution is 0.468. The molecule has 3 nitrogen and oxygen atoms in total. The summed E-state index contributed by atoms with van der Waals surface area (Å²) in [7, 11) is -4.38. The van der Waals surface area contributed by atoms with E-state index in [0.717, 1.165) is 6.08 Å². The fraction of sp³-hybridized carbons (Fsp3) is 0.120. The Bertz CT molecular complexity index is 1110. The van der Waals surface area contributed by atoms with Gasteiger partial charge in [-0.3, -0.25) is 4.55 Å². The normalized spacial score (nSPS) is 17.0. The maximum Gasteiger partial charge on any atom is 0.288 e. The molecule has 0 fully saturated rings. The molecule has 1 unspecified atom stereocenters. The first-order valence-electron chi connectivity index (χ1n) is 9.64. The zero-order valence-corrected chi connectivity index (χ0v) is 21.9. The Morgan fingerprint density at radius 1 is 0.788 bits per heavy atom. The number of rotatable bonds is 2. The van der Waals surface area contributed by atoms with Crippen LogP contribution >= 0.6 is 48.3 Å². The van der Waals surface area contributed by atoms with Crippen molar-refractivity contribution < 1.29 is 13.0 Å². The molecule has 0 saturated carbocycles. The van der Waals surface area contributed by atoms with Crippen LogP contribution < -0.4 is 0 Å². The lowest BCUT2D eigenvalue weighted by Gasteiger charge is -2.22. The summed E-state index contributed by atoms with van der Waals surface area (Å²) in [6, 6.07) is 31.0. The molecule has 0 heterocycles. The Hall–Kier alpha value is -1.73. The quantitative estimate of drug-likeness (QED) is 0.264. The molecule has 0 bridgehead atoms. The average Bonchev–Trinajstić information content (AvgIpc) is 2.78. The standard InChI is InChI=1S/C12H10.C7H8.C6H5Cl3O3S.H2S/c1-3-7-11(8-4-1)12-9-5-2-6-10-12;1-7-5-3-2-4-6-7;7-4-1-2-6(9,3-5(4)8)13(10,11)12;/h1-10H;2-6H,1H3;1-2H,3H2,(H,10,11,12);1H2. The summed E-state index contributed by atoms with van der Waals surface area (Å²) in [5.74, 6) is 0. The third-order valence-corrected chi connectivity index (χ3v) is 7.15. The van der Waals surface area contributed by atoms with Crippen LogP contribution in [0.5, 0.6) is 0 Å². The van der Waals surface area contributed by atoms with Gasteiger partial charge >= 0.3 is 0 Å². The minimum atomic E-state index is -4.38. The van der Waals surface area contributed by atoms with Crippen LogP contribution in [0.1, 0.15) is 12.0 Å². The predicted octanol–water partition coefficient (Wildman–Crippen LogP) is 7.92. The summed E-state index contributed by atoms with van der Waals surface area (Å²) in [5.41, 5.74) is 3.87. The third-order valence-electron chi connectivity index (χ3n) is 4.38. The van der Waals surface area contributed by atoms with Crippen molar-refractivity contribution in [2.45, 2.75) is 17.6 Å². The van der Waals surface area contributed by atoms with E-state index in [2.05, 4.69) is 67.6 Å². The molecule has 3 aromatic carbocycles. The number of benzene rings is 3. The van der Waals surface area contributed by atoms with Gasteiger partial charge in [-0.05, 0) is 30.2 Å². The van der Waals surface area contributed by atoms with E-state index in [1.807, 2.05) is 30.3 Å². The van der Waals surface area contributed by atoms with Crippen molar-refractivity contribution in [1.29, 1.82) is 0 Å². The molecule has 0 spiro atoms. The second kappa shape index (κ2) is 13.9. The van der Waals surface area contributed by atoms with E-state index in [-0.39, 0.29) is 30.0 Å². The summed E-state index contributed by atoms with van der Waals surface area (Å²) in [6.45, 7) is 2.08. The topological polar surface area (TPSA) is 54.4 Å². The average molecular weight is 544 g/mol. The zero-order valence-electron chi connectivity index (χ0n) is 17.8.